The summed E-state index contributed by atoms with van der Waals surface area (Å²) in [6.07, 6.45) is 0. The highest BCUT2D eigenvalue weighted by atomic mass is 79.9. The number of hydrogen-bond donors (Lipinski definition) is 2. The third-order valence-corrected chi connectivity index (χ3v) is 4.11. The fraction of sp³-hybridized carbons (Fsp3) is 0.133. The highest BCUT2D eigenvalue weighted by Gasteiger charge is 2.20. The van der Waals surface area contributed by atoms with Crippen molar-refractivity contribution in [3.8, 4) is 11.5 Å². The number of benzene rings is 2. The Balaban J connectivity index is 0.000000272. The molecule has 0 saturated heterocycles. The van der Waals surface area contributed by atoms with Crippen LogP contribution in [-0.2, 0) is 10.0 Å². The molecule has 0 unspecified atom stereocenters. The molecule has 0 fully saturated rings. The van der Waals surface area contributed by atoms with Crippen LogP contribution in [0.3, 0.4) is 0 Å². The second-order valence-corrected chi connectivity index (χ2v) is 6.80. The molecule has 0 aromatic heterocycles. The van der Waals surface area contributed by atoms with Crippen molar-refractivity contribution in [1.29, 1.82) is 0 Å². The minimum atomic E-state index is -3.84. The molecule has 0 radical (unpaired) electrons. The van der Waals surface area contributed by atoms with Crippen molar-refractivity contribution in [2.75, 3.05) is 14.2 Å². The topological polar surface area (TPSA) is 116 Å². The van der Waals surface area contributed by atoms with Crippen LogP contribution < -0.4 is 14.6 Å². The first-order valence-corrected chi connectivity index (χ1v) is 8.77. The molecule has 0 saturated carbocycles. The van der Waals surface area contributed by atoms with Crippen molar-refractivity contribution in [2.24, 2.45) is 5.14 Å². The van der Waals surface area contributed by atoms with E-state index in [2.05, 4.69) is 15.9 Å². The van der Waals surface area contributed by atoms with Crippen LogP contribution in [0, 0.1) is 0 Å². The van der Waals surface area contributed by atoms with E-state index < -0.39 is 16.0 Å². The zero-order chi connectivity index (χ0) is 18.3. The van der Waals surface area contributed by atoms with Gasteiger partial charge in [0.05, 0.1) is 19.8 Å². The van der Waals surface area contributed by atoms with E-state index in [1.807, 2.05) is 0 Å². The lowest BCUT2D eigenvalue weighted by atomic mass is 10.2. The largest absolute Gasteiger partial charge is 0.493 e. The lowest BCUT2D eigenvalue weighted by molar-refractivity contribution is 0.0697. The quantitative estimate of drug-likeness (QED) is 0.788. The summed E-state index contributed by atoms with van der Waals surface area (Å²) in [4.78, 5) is 10.1. The Morgan fingerprint density at radius 2 is 1.71 bits per heavy atom. The number of aromatic carboxylic acids is 1. The summed E-state index contributed by atoms with van der Waals surface area (Å²) in [5, 5.41) is 13.4. The number of carboxylic acid groups (broad SMARTS) is 1. The van der Waals surface area contributed by atoms with Crippen molar-refractivity contribution in [3.63, 3.8) is 0 Å². The lowest BCUT2D eigenvalue weighted by Crippen LogP contribution is -2.14. The summed E-state index contributed by atoms with van der Waals surface area (Å²) in [6.45, 7) is 0. The van der Waals surface area contributed by atoms with E-state index in [0.717, 1.165) is 0 Å². The predicted molar refractivity (Wildman–Crippen MR) is 92.0 cm³/mol. The second kappa shape index (κ2) is 8.67. The fourth-order valence-electron chi connectivity index (χ4n) is 1.69. The Kier molecular flexibility index (Phi) is 7.20. The smallest absolute Gasteiger partial charge is 0.335 e. The number of hydrogen-bond acceptors (Lipinski definition) is 5. The van der Waals surface area contributed by atoms with Crippen molar-refractivity contribution in [3.05, 3.63) is 52.5 Å². The molecule has 0 spiro atoms. The number of carbonyl (C=O) groups is 1. The molecule has 0 aliphatic rings. The van der Waals surface area contributed by atoms with Crippen molar-refractivity contribution in [1.82, 2.24) is 0 Å². The number of primary sulfonamides is 1. The molecule has 7 nitrogen and oxygen atoms in total. The van der Waals surface area contributed by atoms with Crippen LogP contribution in [0.25, 0.3) is 0 Å². The maximum Gasteiger partial charge on any atom is 0.335 e. The Labute approximate surface area is 148 Å². The SMILES string of the molecule is COc1cc(Br)cc(S(N)(=O)=O)c1OC.O=C(O)c1ccccc1. The molecular weight excluding hydrogens is 402 g/mol. The lowest BCUT2D eigenvalue weighted by Gasteiger charge is -2.11. The van der Waals surface area contributed by atoms with Gasteiger partial charge in [0.15, 0.2) is 11.5 Å². The van der Waals surface area contributed by atoms with Crippen LogP contribution in [0.15, 0.2) is 51.8 Å². The molecule has 0 amide bonds. The zero-order valence-corrected chi connectivity index (χ0v) is 15.3. The normalized spacial score (nSPS) is 10.3. The third kappa shape index (κ3) is 5.52. The van der Waals surface area contributed by atoms with Crippen LogP contribution in [0.4, 0.5) is 0 Å². The second-order valence-electron chi connectivity index (χ2n) is 4.36. The Bertz CT molecular complexity index is 808. The van der Waals surface area contributed by atoms with Gasteiger partial charge in [0, 0.05) is 4.47 Å². The summed E-state index contributed by atoms with van der Waals surface area (Å²) in [6, 6.07) is 11.2. The number of carboxylic acids is 1. The first kappa shape index (κ1) is 19.9. The molecule has 0 aliphatic heterocycles. The molecule has 2 aromatic rings. The van der Waals surface area contributed by atoms with E-state index in [4.69, 9.17) is 19.7 Å². The molecule has 0 bridgehead atoms. The third-order valence-electron chi connectivity index (χ3n) is 2.74. The van der Waals surface area contributed by atoms with E-state index in [-0.39, 0.29) is 10.6 Å². The average Bonchev–Trinajstić information content (AvgIpc) is 2.54. The maximum atomic E-state index is 11.3. The summed E-state index contributed by atoms with van der Waals surface area (Å²) >= 11 is 3.15. The molecular formula is C15H16BrNO6S. The van der Waals surface area contributed by atoms with Crippen molar-refractivity contribution < 1.29 is 27.8 Å². The van der Waals surface area contributed by atoms with Gasteiger partial charge in [-0.05, 0) is 24.3 Å². The van der Waals surface area contributed by atoms with Crippen LogP contribution >= 0.6 is 15.9 Å². The molecule has 9 heteroatoms. The Morgan fingerprint density at radius 1 is 1.12 bits per heavy atom. The number of halogens is 1. The van der Waals surface area contributed by atoms with Gasteiger partial charge in [-0.3, -0.25) is 0 Å². The van der Waals surface area contributed by atoms with Gasteiger partial charge < -0.3 is 14.6 Å². The van der Waals surface area contributed by atoms with Crippen LogP contribution in [0.1, 0.15) is 10.4 Å². The van der Waals surface area contributed by atoms with E-state index in [0.29, 0.717) is 15.8 Å². The van der Waals surface area contributed by atoms with Crippen molar-refractivity contribution in [2.45, 2.75) is 4.90 Å². The number of rotatable bonds is 4. The zero-order valence-electron chi connectivity index (χ0n) is 12.9. The highest BCUT2D eigenvalue weighted by molar-refractivity contribution is 9.10. The van der Waals surface area contributed by atoms with Gasteiger partial charge in [-0.1, -0.05) is 34.1 Å². The molecule has 0 heterocycles. The number of nitrogens with two attached hydrogens (primary N) is 1. The number of methoxy groups -OCH3 is 2. The summed E-state index contributed by atoms with van der Waals surface area (Å²) in [5.74, 6) is -0.477. The van der Waals surface area contributed by atoms with Gasteiger partial charge in [-0.15, -0.1) is 0 Å². The minimum absolute atomic E-state index is 0.100. The van der Waals surface area contributed by atoms with Crippen LogP contribution in [-0.4, -0.2) is 33.7 Å². The molecule has 130 valence electrons. The average molecular weight is 418 g/mol. The number of ether oxygens (including phenoxy) is 2. The van der Waals surface area contributed by atoms with Crippen LogP contribution in [0.5, 0.6) is 11.5 Å². The van der Waals surface area contributed by atoms with Gasteiger partial charge in [0.2, 0.25) is 10.0 Å². The van der Waals surface area contributed by atoms with Gasteiger partial charge in [0.25, 0.3) is 0 Å². The van der Waals surface area contributed by atoms with Gasteiger partial charge in [-0.2, -0.15) is 0 Å². The molecule has 0 atom stereocenters. The van der Waals surface area contributed by atoms with Crippen LogP contribution in [0.2, 0.25) is 0 Å². The van der Waals surface area contributed by atoms with Gasteiger partial charge in [0.1, 0.15) is 4.90 Å². The Hall–Kier alpha value is -2.10. The predicted octanol–water partition coefficient (Wildman–Crippen LogP) is 2.50. The maximum absolute atomic E-state index is 11.3. The minimum Gasteiger partial charge on any atom is -0.493 e. The standard InChI is InChI=1S/C8H10BrNO4S.C7H6O2/c1-13-6-3-5(9)4-7(8(6)14-2)15(10,11)12;8-7(9)6-4-2-1-3-5-6/h3-4H,1-2H3,(H2,10,11,12);1-5H,(H,8,9). The monoisotopic (exact) mass is 417 g/mol. The summed E-state index contributed by atoms with van der Waals surface area (Å²) in [5.41, 5.74) is 0.331. The highest BCUT2D eigenvalue weighted by Crippen LogP contribution is 2.36. The fourth-order valence-corrected chi connectivity index (χ4v) is 3.01. The molecule has 24 heavy (non-hydrogen) atoms. The van der Waals surface area contributed by atoms with E-state index >= 15 is 0 Å². The summed E-state index contributed by atoms with van der Waals surface area (Å²) < 4.78 is 33.0. The molecule has 3 N–H and O–H groups in total. The summed E-state index contributed by atoms with van der Waals surface area (Å²) in [7, 11) is -1.07. The number of sulfonamides is 1. The van der Waals surface area contributed by atoms with E-state index in [1.165, 1.54) is 20.3 Å². The molecule has 2 rings (SSSR count). The van der Waals surface area contributed by atoms with Crippen molar-refractivity contribution >= 4 is 31.9 Å². The van der Waals surface area contributed by atoms with E-state index in [1.54, 1.807) is 36.4 Å². The van der Waals surface area contributed by atoms with Gasteiger partial charge in [-0.25, -0.2) is 18.4 Å². The molecule has 2 aromatic carbocycles. The van der Waals surface area contributed by atoms with Gasteiger partial charge >= 0.3 is 5.97 Å². The first-order chi connectivity index (χ1) is 11.2. The Morgan fingerprint density at radius 3 is 2.08 bits per heavy atom. The molecule has 0 aliphatic carbocycles. The first-order valence-electron chi connectivity index (χ1n) is 6.43. The van der Waals surface area contributed by atoms with E-state index in [9.17, 15) is 13.2 Å².